The molecule has 0 atom stereocenters. The Morgan fingerprint density at radius 3 is 2.05 bits per heavy atom. The quantitative estimate of drug-likeness (QED) is 0.215. The third-order valence-electron chi connectivity index (χ3n) is 7.11. The molecular weight excluding hydrogens is 529 g/mol. The predicted octanol–water partition coefficient (Wildman–Crippen LogP) is 6.17. The molecule has 1 saturated heterocycles. The fraction of sp³-hybridized carbons (Fsp3) is 0.355. The van der Waals surface area contributed by atoms with Crippen LogP contribution in [0.2, 0.25) is 10.0 Å². The van der Waals surface area contributed by atoms with Gasteiger partial charge in [-0.3, -0.25) is 9.80 Å². The summed E-state index contributed by atoms with van der Waals surface area (Å²) in [6, 6.07) is 24.6. The van der Waals surface area contributed by atoms with Crippen molar-refractivity contribution in [1.82, 2.24) is 24.7 Å². The van der Waals surface area contributed by atoms with Gasteiger partial charge in [-0.1, -0.05) is 59.6 Å². The Balaban J connectivity index is 1.28. The number of benzene rings is 3. The summed E-state index contributed by atoms with van der Waals surface area (Å²) < 4.78 is 6.14. The number of halogens is 2. The van der Waals surface area contributed by atoms with Gasteiger partial charge in [-0.05, 0) is 68.0 Å². The van der Waals surface area contributed by atoms with Crippen molar-refractivity contribution < 1.29 is 4.74 Å². The first-order valence-electron chi connectivity index (χ1n) is 13.5. The summed E-state index contributed by atoms with van der Waals surface area (Å²) >= 11 is 12.4. The molecule has 0 amide bonds. The normalized spacial score (nSPS) is 14.9. The van der Waals surface area contributed by atoms with E-state index in [1.807, 2.05) is 48.5 Å². The molecule has 39 heavy (non-hydrogen) atoms. The van der Waals surface area contributed by atoms with Crippen molar-refractivity contribution in [1.29, 1.82) is 0 Å². The number of para-hydroxylation sites is 1. The Kier molecular flexibility index (Phi) is 9.32. The van der Waals surface area contributed by atoms with Gasteiger partial charge >= 0.3 is 0 Å². The van der Waals surface area contributed by atoms with E-state index in [0.717, 1.165) is 65.9 Å². The van der Waals surface area contributed by atoms with Gasteiger partial charge in [0.1, 0.15) is 5.82 Å². The van der Waals surface area contributed by atoms with Crippen LogP contribution in [0.5, 0.6) is 5.88 Å². The number of nitrogens with zero attached hydrogens (tertiary/aromatic N) is 5. The summed E-state index contributed by atoms with van der Waals surface area (Å²) in [5, 5.41) is 2.45. The van der Waals surface area contributed by atoms with E-state index in [1.54, 1.807) is 0 Å². The molecule has 0 radical (unpaired) electrons. The smallest absolute Gasteiger partial charge is 0.224 e. The number of piperazine rings is 1. The largest absolute Gasteiger partial charge is 0.477 e. The zero-order chi connectivity index (χ0) is 27.2. The number of fused-ring (bicyclic) bond motifs is 1. The van der Waals surface area contributed by atoms with E-state index in [2.05, 4.69) is 53.1 Å². The summed E-state index contributed by atoms with van der Waals surface area (Å²) in [4.78, 5) is 16.8. The Morgan fingerprint density at radius 1 is 0.821 bits per heavy atom. The van der Waals surface area contributed by atoms with Gasteiger partial charge in [-0.2, -0.15) is 4.98 Å². The maximum atomic E-state index is 6.20. The van der Waals surface area contributed by atoms with Gasteiger partial charge in [0.15, 0.2) is 0 Å². The lowest BCUT2D eigenvalue weighted by Gasteiger charge is -2.39. The monoisotopic (exact) mass is 563 g/mol. The number of hydrogen-bond acceptors (Lipinski definition) is 6. The van der Waals surface area contributed by atoms with Crippen molar-refractivity contribution in [3.8, 4) is 5.88 Å². The lowest BCUT2D eigenvalue weighted by Crippen LogP contribution is -2.47. The molecule has 1 aromatic heterocycles. The van der Waals surface area contributed by atoms with Gasteiger partial charge in [0, 0.05) is 42.8 Å². The van der Waals surface area contributed by atoms with Crippen molar-refractivity contribution in [3.63, 3.8) is 0 Å². The van der Waals surface area contributed by atoms with Gasteiger partial charge in [0.05, 0.1) is 30.1 Å². The third kappa shape index (κ3) is 7.27. The van der Waals surface area contributed by atoms with Gasteiger partial charge < -0.3 is 9.64 Å². The summed E-state index contributed by atoms with van der Waals surface area (Å²) in [6.45, 7) is 6.01. The van der Waals surface area contributed by atoms with E-state index in [1.165, 1.54) is 11.1 Å². The molecule has 0 bridgehead atoms. The second-order valence-electron chi connectivity index (χ2n) is 10.3. The molecule has 0 N–H and O–H groups in total. The van der Waals surface area contributed by atoms with Crippen LogP contribution in [0.3, 0.4) is 0 Å². The molecule has 1 fully saturated rings. The van der Waals surface area contributed by atoms with Crippen molar-refractivity contribution in [2.75, 3.05) is 53.4 Å². The molecule has 0 aliphatic carbocycles. The molecule has 2 heterocycles. The van der Waals surface area contributed by atoms with Gasteiger partial charge in [0.25, 0.3) is 0 Å². The highest BCUT2D eigenvalue weighted by atomic mass is 35.5. The SMILES string of the molecule is CN(C)CCCOc1nc(CN2CCN(C(c3ccc(Cl)cc3)c3ccc(Cl)cc3)CC2)nc2ccccc12. The van der Waals surface area contributed by atoms with Crippen LogP contribution in [0.15, 0.2) is 72.8 Å². The van der Waals surface area contributed by atoms with E-state index < -0.39 is 0 Å². The summed E-state index contributed by atoms with van der Waals surface area (Å²) in [5.74, 6) is 1.48. The third-order valence-corrected chi connectivity index (χ3v) is 7.62. The van der Waals surface area contributed by atoms with Crippen molar-refractivity contribution in [2.45, 2.75) is 19.0 Å². The first-order valence-corrected chi connectivity index (χ1v) is 14.2. The Morgan fingerprint density at radius 2 is 1.44 bits per heavy atom. The molecule has 4 aromatic rings. The molecule has 0 unspecified atom stereocenters. The fourth-order valence-electron chi connectivity index (χ4n) is 5.11. The molecule has 1 aliphatic heterocycles. The Bertz CT molecular complexity index is 1310. The molecule has 6 nitrogen and oxygen atoms in total. The van der Waals surface area contributed by atoms with E-state index >= 15 is 0 Å². The van der Waals surface area contributed by atoms with Crippen molar-refractivity contribution in [3.05, 3.63) is 99.8 Å². The summed E-state index contributed by atoms with van der Waals surface area (Å²) in [6.07, 6.45) is 0.949. The number of hydrogen-bond donors (Lipinski definition) is 0. The first-order chi connectivity index (χ1) is 19.0. The summed E-state index contributed by atoms with van der Waals surface area (Å²) in [5.41, 5.74) is 3.38. The Hall–Kier alpha value is -2.74. The lowest BCUT2D eigenvalue weighted by atomic mass is 9.96. The Labute approximate surface area is 241 Å². The number of aromatic nitrogens is 2. The van der Waals surface area contributed by atoms with Crippen LogP contribution in [-0.2, 0) is 6.54 Å². The highest BCUT2D eigenvalue weighted by Crippen LogP contribution is 2.31. The molecule has 0 spiro atoms. The molecule has 8 heteroatoms. The predicted molar refractivity (Wildman–Crippen MR) is 160 cm³/mol. The van der Waals surface area contributed by atoms with E-state index in [0.29, 0.717) is 19.0 Å². The second kappa shape index (κ2) is 13.1. The highest BCUT2D eigenvalue weighted by molar-refractivity contribution is 6.30. The van der Waals surface area contributed by atoms with Crippen LogP contribution < -0.4 is 4.74 Å². The van der Waals surface area contributed by atoms with Crippen LogP contribution in [0.1, 0.15) is 29.4 Å². The maximum Gasteiger partial charge on any atom is 0.224 e. The molecule has 0 saturated carbocycles. The molecular formula is C31H35Cl2N5O. The van der Waals surface area contributed by atoms with Gasteiger partial charge in [-0.25, -0.2) is 4.98 Å². The molecule has 204 valence electrons. The number of ether oxygens (including phenoxy) is 1. The van der Waals surface area contributed by atoms with Crippen LogP contribution in [0, 0.1) is 0 Å². The van der Waals surface area contributed by atoms with E-state index in [9.17, 15) is 0 Å². The lowest BCUT2D eigenvalue weighted by molar-refractivity contribution is 0.103. The van der Waals surface area contributed by atoms with Crippen LogP contribution in [-0.4, -0.2) is 78.1 Å². The minimum absolute atomic E-state index is 0.140. The maximum absolute atomic E-state index is 6.20. The second-order valence-corrected chi connectivity index (χ2v) is 11.2. The van der Waals surface area contributed by atoms with Gasteiger partial charge in [-0.15, -0.1) is 0 Å². The number of rotatable bonds is 10. The van der Waals surface area contributed by atoms with Crippen LogP contribution >= 0.6 is 23.2 Å². The minimum atomic E-state index is 0.140. The highest BCUT2D eigenvalue weighted by Gasteiger charge is 2.27. The topological polar surface area (TPSA) is 44.7 Å². The minimum Gasteiger partial charge on any atom is -0.477 e. The van der Waals surface area contributed by atoms with Crippen molar-refractivity contribution in [2.24, 2.45) is 0 Å². The van der Waals surface area contributed by atoms with Crippen LogP contribution in [0.4, 0.5) is 0 Å². The zero-order valence-electron chi connectivity index (χ0n) is 22.6. The fourth-order valence-corrected chi connectivity index (χ4v) is 5.36. The average molecular weight is 565 g/mol. The van der Waals surface area contributed by atoms with Crippen LogP contribution in [0.25, 0.3) is 10.9 Å². The first kappa shape index (κ1) is 27.8. The summed E-state index contributed by atoms with van der Waals surface area (Å²) in [7, 11) is 4.15. The van der Waals surface area contributed by atoms with Crippen molar-refractivity contribution >= 4 is 34.1 Å². The standard InChI is InChI=1S/C31H35Cl2N5O/c1-36(2)16-5-21-39-31-27-6-3-4-7-28(27)34-29(35-31)22-37-17-19-38(20-18-37)30(23-8-12-25(32)13-9-23)24-10-14-26(33)15-11-24/h3-4,6-15,30H,5,16-22H2,1-2H3. The molecule has 1 aliphatic rings. The van der Waals surface area contributed by atoms with E-state index in [-0.39, 0.29) is 6.04 Å². The molecule has 3 aromatic carbocycles. The van der Waals surface area contributed by atoms with E-state index in [4.69, 9.17) is 37.9 Å². The zero-order valence-corrected chi connectivity index (χ0v) is 24.1. The van der Waals surface area contributed by atoms with Gasteiger partial charge in [0.2, 0.25) is 5.88 Å². The average Bonchev–Trinajstić information content (AvgIpc) is 2.94. The molecule has 5 rings (SSSR count).